The number of rotatable bonds is 7. The van der Waals surface area contributed by atoms with Gasteiger partial charge in [0.25, 0.3) is 0 Å². The molecule has 0 aliphatic heterocycles. The predicted molar refractivity (Wildman–Crippen MR) is 73.9 cm³/mol. The Morgan fingerprint density at radius 2 is 1.89 bits per heavy atom. The standard InChI is InChI=1S/C14H20N2O3/c1-3-4-13(14(18)19)15-9-11-5-7-12(8-6-11)16-10(2)17/h5-8,13,15H,3-4,9H2,1-2H3,(H,16,17)(H,18,19). The van der Waals surface area contributed by atoms with Crippen molar-refractivity contribution in [1.29, 1.82) is 0 Å². The van der Waals surface area contributed by atoms with Crippen LogP contribution in [0, 0.1) is 0 Å². The van der Waals surface area contributed by atoms with Crippen molar-refractivity contribution in [3.63, 3.8) is 0 Å². The van der Waals surface area contributed by atoms with Crippen molar-refractivity contribution in [3.8, 4) is 0 Å². The van der Waals surface area contributed by atoms with E-state index in [0.29, 0.717) is 13.0 Å². The minimum absolute atomic E-state index is 0.111. The fraction of sp³-hybridized carbons (Fsp3) is 0.429. The van der Waals surface area contributed by atoms with Gasteiger partial charge in [-0.25, -0.2) is 0 Å². The Hall–Kier alpha value is -1.88. The number of hydrogen-bond acceptors (Lipinski definition) is 3. The minimum Gasteiger partial charge on any atom is -0.480 e. The molecule has 0 aliphatic carbocycles. The molecule has 0 saturated carbocycles. The lowest BCUT2D eigenvalue weighted by Crippen LogP contribution is -2.35. The first-order valence-electron chi connectivity index (χ1n) is 6.35. The molecule has 0 aromatic heterocycles. The van der Waals surface area contributed by atoms with Crippen LogP contribution in [-0.2, 0) is 16.1 Å². The summed E-state index contributed by atoms with van der Waals surface area (Å²) in [6.07, 6.45) is 1.44. The Kier molecular flexibility index (Phi) is 6.02. The fourth-order valence-corrected chi connectivity index (χ4v) is 1.75. The first kappa shape index (κ1) is 15.2. The zero-order chi connectivity index (χ0) is 14.3. The normalized spacial score (nSPS) is 11.9. The van der Waals surface area contributed by atoms with E-state index in [1.807, 2.05) is 19.1 Å². The second-order valence-electron chi connectivity index (χ2n) is 4.44. The van der Waals surface area contributed by atoms with Gasteiger partial charge in [-0.1, -0.05) is 25.5 Å². The van der Waals surface area contributed by atoms with Gasteiger partial charge in [0.1, 0.15) is 6.04 Å². The van der Waals surface area contributed by atoms with Crippen molar-refractivity contribution < 1.29 is 14.7 Å². The summed E-state index contributed by atoms with van der Waals surface area (Å²) in [7, 11) is 0. The number of anilines is 1. The third-order valence-electron chi connectivity index (χ3n) is 2.70. The summed E-state index contributed by atoms with van der Waals surface area (Å²) >= 11 is 0. The molecule has 1 aromatic carbocycles. The van der Waals surface area contributed by atoms with E-state index in [1.165, 1.54) is 6.92 Å². The summed E-state index contributed by atoms with van der Waals surface area (Å²) in [5, 5.41) is 14.7. The Morgan fingerprint density at radius 1 is 1.26 bits per heavy atom. The van der Waals surface area contributed by atoms with Gasteiger partial charge in [0, 0.05) is 19.2 Å². The van der Waals surface area contributed by atoms with Crippen LogP contribution < -0.4 is 10.6 Å². The topological polar surface area (TPSA) is 78.4 Å². The second-order valence-corrected chi connectivity index (χ2v) is 4.44. The van der Waals surface area contributed by atoms with E-state index in [4.69, 9.17) is 5.11 Å². The van der Waals surface area contributed by atoms with Gasteiger partial charge in [-0.15, -0.1) is 0 Å². The van der Waals surface area contributed by atoms with Gasteiger partial charge in [-0.2, -0.15) is 0 Å². The van der Waals surface area contributed by atoms with Gasteiger partial charge in [-0.05, 0) is 24.1 Å². The van der Waals surface area contributed by atoms with Gasteiger partial charge < -0.3 is 15.7 Å². The van der Waals surface area contributed by atoms with E-state index < -0.39 is 12.0 Å². The maximum atomic E-state index is 11.0. The zero-order valence-electron chi connectivity index (χ0n) is 11.3. The highest BCUT2D eigenvalue weighted by molar-refractivity contribution is 5.88. The van der Waals surface area contributed by atoms with Crippen LogP contribution in [0.3, 0.4) is 0 Å². The van der Waals surface area contributed by atoms with Crippen molar-refractivity contribution in [2.75, 3.05) is 5.32 Å². The molecule has 1 atom stereocenters. The number of amides is 1. The van der Waals surface area contributed by atoms with Gasteiger partial charge in [0.15, 0.2) is 0 Å². The molecule has 19 heavy (non-hydrogen) atoms. The van der Waals surface area contributed by atoms with E-state index in [-0.39, 0.29) is 5.91 Å². The molecule has 1 amide bonds. The third-order valence-corrected chi connectivity index (χ3v) is 2.70. The van der Waals surface area contributed by atoms with Crippen molar-refractivity contribution in [3.05, 3.63) is 29.8 Å². The monoisotopic (exact) mass is 264 g/mol. The lowest BCUT2D eigenvalue weighted by Gasteiger charge is -2.13. The SMILES string of the molecule is CCCC(NCc1ccc(NC(C)=O)cc1)C(=O)O. The first-order valence-corrected chi connectivity index (χ1v) is 6.35. The molecule has 1 rings (SSSR count). The van der Waals surface area contributed by atoms with E-state index in [0.717, 1.165) is 17.7 Å². The minimum atomic E-state index is -0.822. The molecule has 0 aliphatic rings. The summed E-state index contributed by atoms with van der Waals surface area (Å²) < 4.78 is 0. The largest absolute Gasteiger partial charge is 0.480 e. The van der Waals surface area contributed by atoms with Crippen LogP contribution in [0.15, 0.2) is 24.3 Å². The predicted octanol–water partition coefficient (Wildman–Crippen LogP) is 1.99. The maximum Gasteiger partial charge on any atom is 0.320 e. The quantitative estimate of drug-likeness (QED) is 0.703. The Labute approximate surface area is 113 Å². The molecule has 0 fully saturated rings. The number of benzene rings is 1. The molecule has 0 saturated heterocycles. The van der Waals surface area contributed by atoms with Gasteiger partial charge >= 0.3 is 5.97 Å². The van der Waals surface area contributed by atoms with E-state index >= 15 is 0 Å². The summed E-state index contributed by atoms with van der Waals surface area (Å²) in [5.74, 6) is -0.934. The summed E-state index contributed by atoms with van der Waals surface area (Å²) in [6.45, 7) is 3.91. The van der Waals surface area contributed by atoms with Crippen LogP contribution in [0.4, 0.5) is 5.69 Å². The average molecular weight is 264 g/mol. The Morgan fingerprint density at radius 3 is 2.37 bits per heavy atom. The number of carbonyl (C=O) groups is 2. The molecule has 1 unspecified atom stereocenters. The second kappa shape index (κ2) is 7.53. The highest BCUT2D eigenvalue weighted by atomic mass is 16.4. The van der Waals surface area contributed by atoms with Crippen LogP contribution in [0.5, 0.6) is 0 Å². The zero-order valence-corrected chi connectivity index (χ0v) is 11.3. The number of aliphatic carboxylic acids is 1. The lowest BCUT2D eigenvalue weighted by molar-refractivity contribution is -0.139. The molecular formula is C14H20N2O3. The number of nitrogens with one attached hydrogen (secondary N) is 2. The van der Waals surface area contributed by atoms with E-state index in [1.54, 1.807) is 12.1 Å². The van der Waals surface area contributed by atoms with E-state index in [2.05, 4.69) is 10.6 Å². The smallest absolute Gasteiger partial charge is 0.320 e. The van der Waals surface area contributed by atoms with Crippen molar-refractivity contribution in [2.45, 2.75) is 39.3 Å². The van der Waals surface area contributed by atoms with Gasteiger partial charge in [0.05, 0.1) is 0 Å². The molecule has 0 radical (unpaired) electrons. The number of carboxylic acid groups (broad SMARTS) is 1. The van der Waals surface area contributed by atoms with Gasteiger partial charge in [-0.3, -0.25) is 9.59 Å². The number of carboxylic acids is 1. The highest BCUT2D eigenvalue weighted by Gasteiger charge is 2.14. The van der Waals surface area contributed by atoms with Crippen molar-refractivity contribution in [2.24, 2.45) is 0 Å². The van der Waals surface area contributed by atoms with Gasteiger partial charge in [0.2, 0.25) is 5.91 Å². The third kappa shape index (κ3) is 5.52. The Balaban J connectivity index is 2.53. The van der Waals surface area contributed by atoms with E-state index in [9.17, 15) is 9.59 Å². The Bertz CT molecular complexity index is 429. The number of hydrogen-bond donors (Lipinski definition) is 3. The van der Waals surface area contributed by atoms with Crippen molar-refractivity contribution in [1.82, 2.24) is 5.32 Å². The first-order chi connectivity index (χ1) is 9.02. The fourth-order valence-electron chi connectivity index (χ4n) is 1.75. The maximum absolute atomic E-state index is 11.0. The summed E-state index contributed by atoms with van der Waals surface area (Å²) in [5.41, 5.74) is 1.72. The number of carbonyl (C=O) groups excluding carboxylic acids is 1. The summed E-state index contributed by atoms with van der Waals surface area (Å²) in [4.78, 5) is 21.8. The molecule has 0 bridgehead atoms. The van der Waals surface area contributed by atoms with Crippen LogP contribution in [0.25, 0.3) is 0 Å². The molecule has 0 heterocycles. The molecule has 1 aromatic rings. The van der Waals surface area contributed by atoms with Crippen LogP contribution in [0.1, 0.15) is 32.3 Å². The molecule has 0 spiro atoms. The molecule has 3 N–H and O–H groups in total. The van der Waals surface area contributed by atoms with Crippen LogP contribution in [-0.4, -0.2) is 23.0 Å². The van der Waals surface area contributed by atoms with Crippen LogP contribution >= 0.6 is 0 Å². The lowest BCUT2D eigenvalue weighted by atomic mass is 10.1. The molecule has 5 heteroatoms. The molecule has 5 nitrogen and oxygen atoms in total. The average Bonchev–Trinajstić information content (AvgIpc) is 2.35. The summed E-state index contributed by atoms with van der Waals surface area (Å²) in [6, 6.07) is 6.81. The highest BCUT2D eigenvalue weighted by Crippen LogP contribution is 2.10. The van der Waals surface area contributed by atoms with Crippen molar-refractivity contribution >= 4 is 17.6 Å². The molecular weight excluding hydrogens is 244 g/mol. The molecule has 104 valence electrons. The van der Waals surface area contributed by atoms with Crippen LogP contribution in [0.2, 0.25) is 0 Å².